The molecule has 1 aliphatic carbocycles. The van der Waals surface area contributed by atoms with Gasteiger partial charge in [-0.2, -0.15) is 0 Å². The molecule has 102 valence electrons. The van der Waals surface area contributed by atoms with Crippen LogP contribution in [0.25, 0.3) is 0 Å². The fraction of sp³-hybridized carbons (Fsp3) is 0.368. The van der Waals surface area contributed by atoms with Crippen molar-refractivity contribution >= 4 is 0 Å². The van der Waals surface area contributed by atoms with E-state index in [2.05, 4.69) is 55.5 Å². The summed E-state index contributed by atoms with van der Waals surface area (Å²) < 4.78 is 6.11. The molecule has 2 aromatic rings. The fourth-order valence-corrected chi connectivity index (χ4v) is 3.81. The highest BCUT2D eigenvalue weighted by Crippen LogP contribution is 2.49. The second kappa shape index (κ2) is 4.66. The molecule has 20 heavy (non-hydrogen) atoms. The first kappa shape index (κ1) is 12.0. The van der Waals surface area contributed by atoms with Crippen LogP contribution in [0.2, 0.25) is 0 Å². The maximum absolute atomic E-state index is 6.11. The van der Waals surface area contributed by atoms with Crippen LogP contribution in [0.15, 0.2) is 48.5 Å². The van der Waals surface area contributed by atoms with Crippen LogP contribution >= 0.6 is 0 Å². The molecule has 1 saturated carbocycles. The molecule has 0 radical (unpaired) electrons. The summed E-state index contributed by atoms with van der Waals surface area (Å²) in [4.78, 5) is 0. The topological polar surface area (TPSA) is 9.23 Å². The Labute approximate surface area is 120 Å². The van der Waals surface area contributed by atoms with E-state index in [1.54, 1.807) is 0 Å². The zero-order valence-electron chi connectivity index (χ0n) is 11.9. The maximum Gasteiger partial charge on any atom is 0.123 e. The first-order chi connectivity index (χ1) is 9.81. The van der Waals surface area contributed by atoms with E-state index in [4.69, 9.17) is 4.74 Å². The number of ether oxygens (including phenoxy) is 1. The lowest BCUT2D eigenvalue weighted by molar-refractivity contribution is 0.154. The SMILES string of the molecule is Cc1ccc(C2CCC3Oc4ccccc4C3C2)cc1. The number of aryl methyl sites for hydroxylation is 1. The maximum atomic E-state index is 6.11. The van der Waals surface area contributed by atoms with Gasteiger partial charge in [0.1, 0.15) is 11.9 Å². The van der Waals surface area contributed by atoms with Crippen molar-refractivity contribution in [2.45, 2.75) is 44.1 Å². The molecule has 0 amide bonds. The normalized spacial score (nSPS) is 27.6. The van der Waals surface area contributed by atoms with E-state index >= 15 is 0 Å². The van der Waals surface area contributed by atoms with Crippen molar-refractivity contribution in [3.63, 3.8) is 0 Å². The third-order valence-corrected chi connectivity index (χ3v) is 4.93. The predicted molar refractivity (Wildman–Crippen MR) is 81.4 cm³/mol. The third kappa shape index (κ3) is 1.93. The van der Waals surface area contributed by atoms with E-state index in [9.17, 15) is 0 Å². The van der Waals surface area contributed by atoms with Gasteiger partial charge in [-0.15, -0.1) is 0 Å². The van der Waals surface area contributed by atoms with Crippen molar-refractivity contribution in [1.29, 1.82) is 0 Å². The summed E-state index contributed by atoms with van der Waals surface area (Å²) in [5.74, 6) is 2.39. The van der Waals surface area contributed by atoms with Gasteiger partial charge in [-0.05, 0) is 43.7 Å². The lowest BCUT2D eigenvalue weighted by Gasteiger charge is -2.31. The van der Waals surface area contributed by atoms with Crippen molar-refractivity contribution in [2.75, 3.05) is 0 Å². The molecule has 0 N–H and O–H groups in total. The molecule has 2 aliphatic rings. The molecular formula is C19H20O. The lowest BCUT2D eigenvalue weighted by atomic mass is 9.74. The van der Waals surface area contributed by atoms with E-state index in [1.807, 2.05) is 0 Å². The highest BCUT2D eigenvalue weighted by Gasteiger charge is 2.39. The highest BCUT2D eigenvalue weighted by atomic mass is 16.5. The van der Waals surface area contributed by atoms with Gasteiger partial charge in [0, 0.05) is 11.5 Å². The van der Waals surface area contributed by atoms with Crippen molar-refractivity contribution in [1.82, 2.24) is 0 Å². The fourth-order valence-electron chi connectivity index (χ4n) is 3.81. The average Bonchev–Trinajstić information content (AvgIpc) is 2.86. The quantitative estimate of drug-likeness (QED) is 0.718. The predicted octanol–water partition coefficient (Wildman–Crippen LogP) is 4.81. The van der Waals surface area contributed by atoms with Crippen LogP contribution in [0.3, 0.4) is 0 Å². The van der Waals surface area contributed by atoms with Crippen LogP contribution in [0.4, 0.5) is 0 Å². The van der Waals surface area contributed by atoms with E-state index in [0.717, 1.165) is 5.75 Å². The zero-order chi connectivity index (χ0) is 13.5. The number of benzene rings is 2. The molecule has 0 aromatic heterocycles. The zero-order valence-corrected chi connectivity index (χ0v) is 11.9. The van der Waals surface area contributed by atoms with E-state index in [0.29, 0.717) is 17.9 Å². The molecule has 0 spiro atoms. The molecule has 3 unspecified atom stereocenters. The Bertz CT molecular complexity index is 614. The Morgan fingerprint density at radius 3 is 2.60 bits per heavy atom. The molecule has 4 rings (SSSR count). The highest BCUT2D eigenvalue weighted by molar-refractivity contribution is 5.42. The molecule has 1 nitrogen and oxygen atoms in total. The van der Waals surface area contributed by atoms with Crippen LogP contribution in [-0.2, 0) is 0 Å². The number of hydrogen-bond donors (Lipinski definition) is 0. The summed E-state index contributed by atoms with van der Waals surface area (Å²) >= 11 is 0. The van der Waals surface area contributed by atoms with Gasteiger partial charge in [0.05, 0.1) is 0 Å². The summed E-state index contributed by atoms with van der Waals surface area (Å²) in [6.07, 6.45) is 4.06. The van der Waals surface area contributed by atoms with Crippen LogP contribution in [0, 0.1) is 6.92 Å². The minimum Gasteiger partial charge on any atom is -0.489 e. The number of hydrogen-bond acceptors (Lipinski definition) is 1. The van der Waals surface area contributed by atoms with Gasteiger partial charge in [0.15, 0.2) is 0 Å². The van der Waals surface area contributed by atoms with Gasteiger partial charge in [0.2, 0.25) is 0 Å². The minimum atomic E-state index is 0.411. The molecular weight excluding hydrogens is 244 g/mol. The van der Waals surface area contributed by atoms with E-state index in [1.165, 1.54) is 36.0 Å². The smallest absolute Gasteiger partial charge is 0.123 e. The minimum absolute atomic E-state index is 0.411. The second-order valence-corrected chi connectivity index (χ2v) is 6.22. The van der Waals surface area contributed by atoms with Gasteiger partial charge in [-0.1, -0.05) is 48.0 Å². The van der Waals surface area contributed by atoms with Gasteiger partial charge in [-0.3, -0.25) is 0 Å². The number of rotatable bonds is 1. The van der Waals surface area contributed by atoms with Gasteiger partial charge in [-0.25, -0.2) is 0 Å². The molecule has 1 fully saturated rings. The van der Waals surface area contributed by atoms with Crippen molar-refractivity contribution in [3.05, 3.63) is 65.2 Å². The van der Waals surface area contributed by atoms with E-state index < -0.39 is 0 Å². The molecule has 1 heterocycles. The summed E-state index contributed by atoms with van der Waals surface area (Å²) in [7, 11) is 0. The molecule has 3 atom stereocenters. The first-order valence-electron chi connectivity index (χ1n) is 7.63. The molecule has 0 bridgehead atoms. The average molecular weight is 264 g/mol. The molecule has 0 saturated heterocycles. The van der Waals surface area contributed by atoms with Crippen LogP contribution in [-0.4, -0.2) is 6.10 Å². The third-order valence-electron chi connectivity index (χ3n) is 4.93. The monoisotopic (exact) mass is 264 g/mol. The molecule has 1 aliphatic heterocycles. The van der Waals surface area contributed by atoms with Gasteiger partial charge in [0.25, 0.3) is 0 Å². The van der Waals surface area contributed by atoms with Crippen LogP contribution < -0.4 is 4.74 Å². The Balaban J connectivity index is 1.61. The van der Waals surface area contributed by atoms with Crippen LogP contribution in [0.5, 0.6) is 5.75 Å². The Kier molecular flexibility index (Phi) is 2.80. The number of fused-ring (bicyclic) bond motifs is 3. The lowest BCUT2D eigenvalue weighted by Crippen LogP contribution is -2.26. The molecule has 2 aromatic carbocycles. The summed E-state index contributed by atoms with van der Waals surface area (Å²) in [5, 5.41) is 0. The molecule has 1 heteroatoms. The van der Waals surface area contributed by atoms with Crippen molar-refractivity contribution < 1.29 is 4.74 Å². The first-order valence-corrected chi connectivity index (χ1v) is 7.63. The summed E-state index contributed by atoms with van der Waals surface area (Å²) in [6, 6.07) is 17.7. The standard InChI is InChI=1S/C19H20O/c1-13-6-8-14(9-7-13)15-10-11-19-17(12-15)16-4-2-3-5-18(16)20-19/h2-9,15,17,19H,10-12H2,1H3. The Morgan fingerprint density at radius 1 is 0.950 bits per heavy atom. The number of para-hydroxylation sites is 1. The van der Waals surface area contributed by atoms with E-state index in [-0.39, 0.29) is 0 Å². The van der Waals surface area contributed by atoms with Crippen LogP contribution in [0.1, 0.15) is 47.8 Å². The summed E-state index contributed by atoms with van der Waals surface area (Å²) in [6.45, 7) is 2.15. The van der Waals surface area contributed by atoms with Crippen molar-refractivity contribution in [3.8, 4) is 5.75 Å². The largest absolute Gasteiger partial charge is 0.489 e. The second-order valence-electron chi connectivity index (χ2n) is 6.22. The van der Waals surface area contributed by atoms with Crippen molar-refractivity contribution in [2.24, 2.45) is 0 Å². The van der Waals surface area contributed by atoms with Gasteiger partial charge >= 0.3 is 0 Å². The summed E-state index contributed by atoms with van der Waals surface area (Å²) in [5.41, 5.74) is 4.27. The Morgan fingerprint density at radius 2 is 1.75 bits per heavy atom. The Hall–Kier alpha value is -1.76. The van der Waals surface area contributed by atoms with Gasteiger partial charge < -0.3 is 4.74 Å².